The number of pyridine rings is 1. The van der Waals surface area contributed by atoms with Crippen LogP contribution in [0, 0.1) is 12.7 Å². The molecule has 2 N–H and O–H groups in total. The molecule has 5 heteroatoms. The molecule has 2 aromatic rings. The lowest BCUT2D eigenvalue weighted by atomic mass is 10.1. The molecule has 0 aliphatic heterocycles. The van der Waals surface area contributed by atoms with E-state index in [-0.39, 0.29) is 12.4 Å². The van der Waals surface area contributed by atoms with Crippen molar-refractivity contribution in [1.82, 2.24) is 10.3 Å². The lowest BCUT2D eigenvalue weighted by molar-refractivity contribution is 0.106. The molecule has 4 nitrogen and oxygen atoms in total. The van der Waals surface area contributed by atoms with Crippen LogP contribution in [0.5, 0.6) is 5.75 Å². The van der Waals surface area contributed by atoms with Crippen molar-refractivity contribution in [2.75, 3.05) is 13.2 Å². The molecule has 2 rings (SSSR count). The molecule has 0 bridgehead atoms. The lowest BCUT2D eigenvalue weighted by Crippen LogP contribution is -2.31. The van der Waals surface area contributed by atoms with Gasteiger partial charge >= 0.3 is 0 Å². The van der Waals surface area contributed by atoms with Crippen LogP contribution in [0.2, 0.25) is 0 Å². The molecule has 0 fully saturated rings. The van der Waals surface area contributed by atoms with Gasteiger partial charge in [-0.15, -0.1) is 0 Å². The number of nitrogens with zero attached hydrogens (tertiary/aromatic N) is 1. The molecule has 0 spiro atoms. The molecule has 1 atom stereocenters. The summed E-state index contributed by atoms with van der Waals surface area (Å²) in [5.41, 5.74) is 2.26. The highest BCUT2D eigenvalue weighted by Gasteiger charge is 2.06. The molecule has 21 heavy (non-hydrogen) atoms. The van der Waals surface area contributed by atoms with Crippen LogP contribution in [0.1, 0.15) is 11.1 Å². The summed E-state index contributed by atoms with van der Waals surface area (Å²) in [6.45, 7) is 3.25. The van der Waals surface area contributed by atoms with Crippen molar-refractivity contribution in [3.63, 3.8) is 0 Å². The fourth-order valence-corrected chi connectivity index (χ4v) is 1.86. The lowest BCUT2D eigenvalue weighted by Gasteiger charge is -2.14. The van der Waals surface area contributed by atoms with E-state index in [0.29, 0.717) is 18.8 Å². The standard InChI is InChI=1S/C16H19FN2O2/c1-12-8-18-7-6-13(12)9-19-10-15(20)11-21-16-4-2-14(17)3-5-16/h2-8,15,19-20H,9-11H2,1H3. The number of hydrogen-bond acceptors (Lipinski definition) is 4. The van der Waals surface area contributed by atoms with Gasteiger partial charge in [-0.25, -0.2) is 4.39 Å². The number of rotatable bonds is 7. The highest BCUT2D eigenvalue weighted by atomic mass is 19.1. The summed E-state index contributed by atoms with van der Waals surface area (Å²) >= 11 is 0. The van der Waals surface area contributed by atoms with Crippen LogP contribution in [0.25, 0.3) is 0 Å². The van der Waals surface area contributed by atoms with Crippen molar-refractivity contribution in [3.8, 4) is 5.75 Å². The highest BCUT2D eigenvalue weighted by Crippen LogP contribution is 2.11. The normalized spacial score (nSPS) is 12.1. The van der Waals surface area contributed by atoms with Gasteiger partial charge in [0.2, 0.25) is 0 Å². The quantitative estimate of drug-likeness (QED) is 0.819. The first-order valence-electron chi connectivity index (χ1n) is 6.82. The van der Waals surface area contributed by atoms with E-state index < -0.39 is 6.10 Å². The van der Waals surface area contributed by atoms with E-state index in [4.69, 9.17) is 4.74 Å². The molecule has 112 valence electrons. The fourth-order valence-electron chi connectivity index (χ4n) is 1.86. The molecule has 0 amide bonds. The predicted octanol–water partition coefficient (Wildman–Crippen LogP) is 2.06. The van der Waals surface area contributed by atoms with Gasteiger partial charge in [0.05, 0.1) is 0 Å². The van der Waals surface area contributed by atoms with Crippen LogP contribution < -0.4 is 10.1 Å². The van der Waals surface area contributed by atoms with Gasteiger partial charge in [-0.2, -0.15) is 0 Å². The summed E-state index contributed by atoms with van der Waals surface area (Å²) in [6.07, 6.45) is 2.93. The number of ether oxygens (including phenoxy) is 1. The Morgan fingerprint density at radius 2 is 2.05 bits per heavy atom. The summed E-state index contributed by atoms with van der Waals surface area (Å²) in [7, 11) is 0. The van der Waals surface area contributed by atoms with Crippen LogP contribution in [-0.2, 0) is 6.54 Å². The molecule has 1 aromatic heterocycles. The number of hydrogen-bond donors (Lipinski definition) is 2. The van der Waals surface area contributed by atoms with Crippen LogP contribution in [-0.4, -0.2) is 29.3 Å². The molecule has 1 unspecified atom stereocenters. The Bertz CT molecular complexity index is 560. The molecule has 0 saturated heterocycles. The van der Waals surface area contributed by atoms with Crippen LogP contribution in [0.3, 0.4) is 0 Å². The van der Waals surface area contributed by atoms with Gasteiger partial charge < -0.3 is 15.2 Å². The van der Waals surface area contributed by atoms with Crippen LogP contribution in [0.4, 0.5) is 4.39 Å². The van der Waals surface area contributed by atoms with Gasteiger partial charge in [-0.05, 0) is 48.4 Å². The third-order valence-corrected chi connectivity index (χ3v) is 3.09. The average molecular weight is 290 g/mol. The van der Waals surface area contributed by atoms with Crippen molar-refractivity contribution in [3.05, 3.63) is 59.7 Å². The van der Waals surface area contributed by atoms with Crippen LogP contribution in [0.15, 0.2) is 42.7 Å². The summed E-state index contributed by atoms with van der Waals surface area (Å²) in [5.74, 6) is 0.234. The van der Waals surface area contributed by atoms with Gasteiger partial charge in [0.1, 0.15) is 24.3 Å². The number of aromatic nitrogens is 1. The number of aliphatic hydroxyl groups excluding tert-OH is 1. The Morgan fingerprint density at radius 3 is 2.76 bits per heavy atom. The first kappa shape index (κ1) is 15.4. The summed E-state index contributed by atoms with van der Waals surface area (Å²) < 4.78 is 18.1. The molecule has 1 aromatic carbocycles. The second kappa shape index (κ2) is 7.71. The first-order chi connectivity index (χ1) is 10.1. The minimum atomic E-state index is -0.628. The molecule has 0 aliphatic carbocycles. The summed E-state index contributed by atoms with van der Waals surface area (Å²) in [4.78, 5) is 4.03. The number of halogens is 1. The Morgan fingerprint density at radius 1 is 1.29 bits per heavy atom. The van der Waals surface area contributed by atoms with Crippen LogP contribution >= 0.6 is 0 Å². The Hall–Kier alpha value is -1.98. The maximum Gasteiger partial charge on any atom is 0.123 e. The van der Waals surface area contributed by atoms with Gasteiger partial charge in [0, 0.05) is 25.5 Å². The van der Waals surface area contributed by atoms with Gasteiger partial charge in [0.15, 0.2) is 0 Å². The van der Waals surface area contributed by atoms with Crippen molar-refractivity contribution in [2.45, 2.75) is 19.6 Å². The molecule has 0 aliphatic rings. The Balaban J connectivity index is 1.69. The zero-order valence-corrected chi connectivity index (χ0v) is 11.9. The first-order valence-corrected chi connectivity index (χ1v) is 6.82. The minimum Gasteiger partial charge on any atom is -0.491 e. The zero-order chi connectivity index (χ0) is 15.1. The second-order valence-electron chi connectivity index (χ2n) is 4.85. The topological polar surface area (TPSA) is 54.4 Å². The smallest absolute Gasteiger partial charge is 0.123 e. The van der Waals surface area contributed by atoms with E-state index in [1.807, 2.05) is 19.2 Å². The maximum absolute atomic E-state index is 12.7. The zero-order valence-electron chi connectivity index (χ0n) is 11.9. The average Bonchev–Trinajstić information content (AvgIpc) is 2.49. The van der Waals surface area contributed by atoms with Gasteiger partial charge in [-0.3, -0.25) is 4.98 Å². The third kappa shape index (κ3) is 5.13. The number of aliphatic hydroxyl groups is 1. The van der Waals surface area contributed by atoms with Crippen molar-refractivity contribution in [2.24, 2.45) is 0 Å². The Kier molecular flexibility index (Phi) is 5.66. The van der Waals surface area contributed by atoms with Crippen molar-refractivity contribution < 1.29 is 14.2 Å². The third-order valence-electron chi connectivity index (χ3n) is 3.09. The minimum absolute atomic E-state index is 0.161. The predicted molar refractivity (Wildman–Crippen MR) is 78.6 cm³/mol. The molecular weight excluding hydrogens is 271 g/mol. The fraction of sp³-hybridized carbons (Fsp3) is 0.312. The molecular formula is C16H19FN2O2. The highest BCUT2D eigenvalue weighted by molar-refractivity contribution is 5.22. The van der Waals surface area contributed by atoms with Crippen molar-refractivity contribution in [1.29, 1.82) is 0 Å². The monoisotopic (exact) mass is 290 g/mol. The number of aryl methyl sites for hydroxylation is 1. The Labute approximate surface area is 123 Å². The molecule has 1 heterocycles. The second-order valence-corrected chi connectivity index (χ2v) is 4.85. The molecule has 0 saturated carbocycles. The van der Waals surface area contributed by atoms with E-state index in [1.165, 1.54) is 24.3 Å². The van der Waals surface area contributed by atoms with E-state index in [0.717, 1.165) is 11.1 Å². The van der Waals surface area contributed by atoms with E-state index >= 15 is 0 Å². The number of nitrogens with one attached hydrogen (secondary N) is 1. The molecule has 0 radical (unpaired) electrons. The summed E-state index contributed by atoms with van der Waals surface area (Å²) in [5, 5.41) is 13.0. The van der Waals surface area contributed by atoms with E-state index in [9.17, 15) is 9.50 Å². The summed E-state index contributed by atoms with van der Waals surface area (Å²) in [6, 6.07) is 7.67. The van der Waals surface area contributed by atoms with Gasteiger partial charge in [0.25, 0.3) is 0 Å². The maximum atomic E-state index is 12.7. The van der Waals surface area contributed by atoms with Crippen molar-refractivity contribution >= 4 is 0 Å². The van der Waals surface area contributed by atoms with E-state index in [2.05, 4.69) is 10.3 Å². The largest absolute Gasteiger partial charge is 0.491 e. The SMILES string of the molecule is Cc1cnccc1CNCC(O)COc1ccc(F)cc1. The van der Waals surface area contributed by atoms with E-state index in [1.54, 1.807) is 6.20 Å². The number of benzene rings is 1. The van der Waals surface area contributed by atoms with Gasteiger partial charge in [-0.1, -0.05) is 0 Å².